The number of carbonyl (C=O) groups is 3. The number of aryl methyl sites for hydroxylation is 1. The molecule has 2 aromatic rings. The number of aromatic hydroxyl groups is 1. The molecule has 10 heteroatoms. The molecule has 0 fully saturated rings. The second kappa shape index (κ2) is 15.0. The Bertz CT molecular complexity index is 1120. The summed E-state index contributed by atoms with van der Waals surface area (Å²) in [7, 11) is 0. The van der Waals surface area contributed by atoms with Gasteiger partial charge in [0.05, 0.1) is 10.7 Å². The Morgan fingerprint density at radius 3 is 2.41 bits per heavy atom. The predicted molar refractivity (Wildman–Crippen MR) is 158 cm³/mol. The van der Waals surface area contributed by atoms with Crippen LogP contribution in [0.25, 0.3) is 0 Å². The van der Waals surface area contributed by atoms with Crippen molar-refractivity contribution in [3.8, 4) is 5.75 Å². The molecule has 0 aliphatic carbocycles. The third-order valence-electron chi connectivity index (χ3n) is 5.90. The van der Waals surface area contributed by atoms with E-state index in [0.717, 1.165) is 12.0 Å². The number of halogens is 1. The summed E-state index contributed by atoms with van der Waals surface area (Å²) in [5, 5.41) is 16.7. The standard InChI is InChI=1S/C29H40ClN3O5S/c1-7-8-17-33(27(36)22(16-18-39-6)31-28(37)38-29(3,4)5)25(20-13-9-10-15-23(20)34)26(35)32-24-19(2)12-11-14-21(24)30/h9-15,22,25,34H,7-8,16-18H2,1-6H3,(H,31,37)(H,32,35). The molecule has 2 unspecified atom stereocenters. The van der Waals surface area contributed by atoms with E-state index in [1.807, 2.05) is 26.2 Å². The van der Waals surface area contributed by atoms with E-state index in [2.05, 4.69) is 10.6 Å². The van der Waals surface area contributed by atoms with Gasteiger partial charge in [-0.2, -0.15) is 11.8 Å². The zero-order chi connectivity index (χ0) is 29.2. The molecule has 0 heterocycles. The maximum atomic E-state index is 14.1. The monoisotopic (exact) mass is 577 g/mol. The fourth-order valence-corrected chi connectivity index (χ4v) is 4.73. The van der Waals surface area contributed by atoms with Gasteiger partial charge in [0.15, 0.2) is 0 Å². The molecule has 0 saturated heterocycles. The average molecular weight is 578 g/mol. The molecule has 2 atom stereocenters. The Morgan fingerprint density at radius 2 is 1.82 bits per heavy atom. The molecule has 3 N–H and O–H groups in total. The first-order valence-electron chi connectivity index (χ1n) is 13.0. The Kier molecular flexibility index (Phi) is 12.4. The van der Waals surface area contributed by atoms with E-state index in [0.29, 0.717) is 29.3 Å². The number of ether oxygens (including phenoxy) is 1. The highest BCUT2D eigenvalue weighted by atomic mass is 35.5. The molecule has 0 saturated carbocycles. The van der Waals surface area contributed by atoms with Crippen LogP contribution in [0, 0.1) is 6.92 Å². The average Bonchev–Trinajstić information content (AvgIpc) is 2.85. The number of amides is 3. The lowest BCUT2D eigenvalue weighted by Gasteiger charge is -2.35. The smallest absolute Gasteiger partial charge is 0.408 e. The first kappa shape index (κ1) is 32.3. The van der Waals surface area contributed by atoms with Gasteiger partial charge in [0, 0.05) is 12.1 Å². The number of hydrogen-bond acceptors (Lipinski definition) is 6. The number of phenolic OH excluding ortho intramolecular Hbond substituents is 1. The number of nitrogens with zero attached hydrogens (tertiary/aromatic N) is 1. The van der Waals surface area contributed by atoms with Crippen LogP contribution in [-0.4, -0.2) is 58.1 Å². The molecular formula is C29H40ClN3O5S. The first-order chi connectivity index (χ1) is 18.4. The van der Waals surface area contributed by atoms with Crippen molar-refractivity contribution >= 4 is 47.0 Å². The van der Waals surface area contributed by atoms with E-state index in [9.17, 15) is 19.5 Å². The molecule has 0 radical (unpaired) electrons. The highest BCUT2D eigenvalue weighted by Crippen LogP contribution is 2.33. The fraction of sp³-hybridized carbons (Fsp3) is 0.483. The molecule has 3 amide bonds. The first-order valence-corrected chi connectivity index (χ1v) is 14.8. The van der Waals surface area contributed by atoms with E-state index >= 15 is 0 Å². The number of benzene rings is 2. The van der Waals surface area contributed by atoms with Crippen LogP contribution in [0.15, 0.2) is 42.5 Å². The number of unbranched alkanes of at least 4 members (excludes halogenated alkanes) is 1. The lowest BCUT2D eigenvalue weighted by atomic mass is 10.0. The quantitative estimate of drug-likeness (QED) is 0.273. The summed E-state index contributed by atoms with van der Waals surface area (Å²) in [4.78, 5) is 42.2. The lowest BCUT2D eigenvalue weighted by Crippen LogP contribution is -2.52. The molecule has 2 rings (SSSR count). The Hall–Kier alpha value is -2.91. The molecule has 39 heavy (non-hydrogen) atoms. The van der Waals surface area contributed by atoms with Crippen LogP contribution in [0.2, 0.25) is 5.02 Å². The number of hydrogen-bond donors (Lipinski definition) is 3. The van der Waals surface area contributed by atoms with Crippen LogP contribution in [0.5, 0.6) is 5.75 Å². The Labute approximate surface area is 240 Å². The van der Waals surface area contributed by atoms with Gasteiger partial charge >= 0.3 is 6.09 Å². The third-order valence-corrected chi connectivity index (χ3v) is 6.86. The number of thioether (sulfide) groups is 1. The van der Waals surface area contributed by atoms with Gasteiger partial charge in [-0.1, -0.05) is 55.3 Å². The maximum absolute atomic E-state index is 14.1. The second-order valence-corrected chi connectivity index (χ2v) is 11.6. The van der Waals surface area contributed by atoms with Crippen molar-refractivity contribution in [2.75, 3.05) is 23.9 Å². The van der Waals surface area contributed by atoms with Crippen LogP contribution < -0.4 is 10.6 Å². The predicted octanol–water partition coefficient (Wildman–Crippen LogP) is 6.31. The van der Waals surface area contributed by atoms with Gasteiger partial charge in [-0.15, -0.1) is 0 Å². The molecule has 214 valence electrons. The van der Waals surface area contributed by atoms with Crippen LogP contribution in [0.3, 0.4) is 0 Å². The van der Waals surface area contributed by atoms with Crippen molar-refractivity contribution in [1.82, 2.24) is 10.2 Å². The van der Waals surface area contributed by atoms with Gasteiger partial charge in [0.25, 0.3) is 5.91 Å². The minimum absolute atomic E-state index is 0.122. The minimum Gasteiger partial charge on any atom is -0.508 e. The molecule has 8 nitrogen and oxygen atoms in total. The molecule has 0 aliphatic rings. The van der Waals surface area contributed by atoms with Crippen molar-refractivity contribution in [2.24, 2.45) is 0 Å². The number of para-hydroxylation sites is 2. The van der Waals surface area contributed by atoms with Gasteiger partial charge in [-0.25, -0.2) is 4.79 Å². The molecular weight excluding hydrogens is 538 g/mol. The number of nitrogens with one attached hydrogen (secondary N) is 2. The van der Waals surface area contributed by atoms with E-state index in [1.54, 1.807) is 51.1 Å². The van der Waals surface area contributed by atoms with E-state index < -0.39 is 35.6 Å². The summed E-state index contributed by atoms with van der Waals surface area (Å²) in [6.45, 7) is 9.26. The number of carbonyl (C=O) groups excluding carboxylic acids is 3. The fourth-order valence-electron chi connectivity index (χ4n) is 3.99. The molecule has 0 bridgehead atoms. The van der Waals surface area contributed by atoms with Gasteiger partial charge in [0.2, 0.25) is 5.91 Å². The van der Waals surface area contributed by atoms with Crippen molar-refractivity contribution in [1.29, 1.82) is 0 Å². The molecule has 0 aromatic heterocycles. The van der Waals surface area contributed by atoms with Gasteiger partial charge in [-0.05, 0) is 70.2 Å². The summed E-state index contributed by atoms with van der Waals surface area (Å²) < 4.78 is 5.41. The van der Waals surface area contributed by atoms with Crippen LogP contribution in [0.1, 0.15) is 64.1 Å². The maximum Gasteiger partial charge on any atom is 0.408 e. The summed E-state index contributed by atoms with van der Waals surface area (Å²) in [5.74, 6) is -0.496. The zero-order valence-electron chi connectivity index (χ0n) is 23.5. The zero-order valence-corrected chi connectivity index (χ0v) is 25.1. The molecule has 0 spiro atoms. The lowest BCUT2D eigenvalue weighted by molar-refractivity contribution is -0.141. The third kappa shape index (κ3) is 9.65. The number of anilines is 1. The topological polar surface area (TPSA) is 108 Å². The summed E-state index contributed by atoms with van der Waals surface area (Å²) >= 11 is 7.93. The van der Waals surface area contributed by atoms with Crippen molar-refractivity contribution in [3.05, 3.63) is 58.6 Å². The van der Waals surface area contributed by atoms with Gasteiger partial charge in [0.1, 0.15) is 23.4 Å². The highest BCUT2D eigenvalue weighted by molar-refractivity contribution is 7.98. The molecule has 2 aromatic carbocycles. The number of rotatable bonds is 12. The van der Waals surface area contributed by atoms with Crippen LogP contribution >= 0.6 is 23.4 Å². The summed E-state index contributed by atoms with van der Waals surface area (Å²) in [5.41, 5.74) is 0.704. The number of phenols is 1. The summed E-state index contributed by atoms with van der Waals surface area (Å²) in [6.07, 6.45) is 2.90. The summed E-state index contributed by atoms with van der Waals surface area (Å²) in [6, 6.07) is 9.58. The van der Waals surface area contributed by atoms with E-state index in [-0.39, 0.29) is 17.9 Å². The van der Waals surface area contributed by atoms with E-state index in [1.165, 1.54) is 22.7 Å². The highest BCUT2D eigenvalue weighted by Gasteiger charge is 2.37. The Morgan fingerprint density at radius 1 is 1.13 bits per heavy atom. The second-order valence-electron chi connectivity index (χ2n) is 10.2. The van der Waals surface area contributed by atoms with E-state index in [4.69, 9.17) is 16.3 Å². The van der Waals surface area contributed by atoms with Crippen molar-refractivity contribution in [3.63, 3.8) is 0 Å². The Balaban J connectivity index is 2.56. The number of alkyl carbamates (subject to hydrolysis) is 1. The SMILES string of the molecule is CCCCN(C(=O)C(CCSC)NC(=O)OC(C)(C)C)C(C(=O)Nc1c(C)cccc1Cl)c1ccccc1O. The van der Waals surface area contributed by atoms with Crippen molar-refractivity contribution < 1.29 is 24.2 Å². The normalized spacial score (nSPS) is 12.8. The largest absolute Gasteiger partial charge is 0.508 e. The van der Waals surface area contributed by atoms with Crippen LogP contribution in [0.4, 0.5) is 10.5 Å². The van der Waals surface area contributed by atoms with Gasteiger partial charge < -0.3 is 25.4 Å². The molecule has 0 aliphatic heterocycles. The van der Waals surface area contributed by atoms with Crippen molar-refractivity contribution in [2.45, 2.75) is 71.6 Å². The minimum atomic E-state index is -1.18. The van der Waals surface area contributed by atoms with Crippen LogP contribution in [-0.2, 0) is 14.3 Å². The van der Waals surface area contributed by atoms with Gasteiger partial charge in [-0.3, -0.25) is 9.59 Å².